The van der Waals surface area contributed by atoms with E-state index in [0.717, 1.165) is 0 Å². The zero-order valence-electron chi connectivity index (χ0n) is 11.1. The molecule has 0 aromatic carbocycles. The number of carbonyl (C=O) groups is 2. The van der Waals surface area contributed by atoms with Crippen LogP contribution >= 0.6 is 0 Å². The van der Waals surface area contributed by atoms with Crippen LogP contribution in [0.5, 0.6) is 0 Å². The van der Waals surface area contributed by atoms with E-state index in [4.69, 9.17) is 18.9 Å². The van der Waals surface area contributed by atoms with Gasteiger partial charge in [0.05, 0.1) is 39.5 Å². The molecule has 0 atom stereocenters. The quantitative estimate of drug-likeness (QED) is 0.378. The Labute approximate surface area is 108 Å². The van der Waals surface area contributed by atoms with Crippen LogP contribution in [0.3, 0.4) is 0 Å². The highest BCUT2D eigenvalue weighted by atomic mass is 16.5. The van der Waals surface area contributed by atoms with Gasteiger partial charge in [0, 0.05) is 13.5 Å². The van der Waals surface area contributed by atoms with Crippen LogP contribution in [0.25, 0.3) is 0 Å². The Bertz CT molecular complexity index is 229. The van der Waals surface area contributed by atoms with Crippen molar-refractivity contribution in [3.63, 3.8) is 0 Å². The van der Waals surface area contributed by atoms with Crippen LogP contribution in [-0.4, -0.2) is 58.5 Å². The summed E-state index contributed by atoms with van der Waals surface area (Å²) in [4.78, 5) is 22.3. The number of methoxy groups -OCH3 is 1. The van der Waals surface area contributed by atoms with Gasteiger partial charge in [-0.1, -0.05) is 0 Å². The van der Waals surface area contributed by atoms with Crippen LogP contribution in [0.1, 0.15) is 19.8 Å². The first kappa shape index (κ1) is 17.0. The molecule has 0 aliphatic carbocycles. The van der Waals surface area contributed by atoms with Gasteiger partial charge in [-0.2, -0.15) is 0 Å². The third-order valence-electron chi connectivity index (χ3n) is 1.98. The van der Waals surface area contributed by atoms with Crippen LogP contribution in [0.15, 0.2) is 0 Å². The molecular weight excluding hydrogens is 240 g/mol. The molecule has 0 aliphatic rings. The van der Waals surface area contributed by atoms with Crippen molar-refractivity contribution in [1.29, 1.82) is 0 Å². The van der Waals surface area contributed by atoms with Crippen molar-refractivity contribution in [3.8, 4) is 0 Å². The second-order valence-electron chi connectivity index (χ2n) is 3.50. The van der Waals surface area contributed by atoms with E-state index in [1.807, 2.05) is 0 Å². The summed E-state index contributed by atoms with van der Waals surface area (Å²) < 4.78 is 19.8. The zero-order chi connectivity index (χ0) is 13.6. The molecule has 0 aliphatic heterocycles. The first-order valence-electron chi connectivity index (χ1n) is 6.02. The van der Waals surface area contributed by atoms with E-state index in [-0.39, 0.29) is 31.2 Å². The van der Waals surface area contributed by atoms with Crippen molar-refractivity contribution in [2.75, 3.05) is 46.8 Å². The molecule has 6 heteroatoms. The summed E-state index contributed by atoms with van der Waals surface area (Å²) in [6.45, 7) is 3.90. The van der Waals surface area contributed by atoms with Crippen LogP contribution in [-0.2, 0) is 28.5 Å². The molecule has 0 saturated carbocycles. The van der Waals surface area contributed by atoms with E-state index in [1.165, 1.54) is 0 Å². The fraction of sp³-hybridized carbons (Fsp3) is 0.833. The van der Waals surface area contributed by atoms with E-state index in [0.29, 0.717) is 33.0 Å². The molecule has 0 aromatic rings. The molecule has 6 nitrogen and oxygen atoms in total. The molecule has 0 spiro atoms. The topological polar surface area (TPSA) is 71.1 Å². The molecule has 0 aromatic heterocycles. The predicted molar refractivity (Wildman–Crippen MR) is 64.4 cm³/mol. The fourth-order valence-corrected chi connectivity index (χ4v) is 1.09. The number of ketones is 1. The van der Waals surface area contributed by atoms with Gasteiger partial charge in [-0.05, 0) is 6.92 Å². The minimum atomic E-state index is -0.353. The Hall–Kier alpha value is -0.980. The van der Waals surface area contributed by atoms with Crippen molar-refractivity contribution in [1.82, 2.24) is 0 Å². The lowest BCUT2D eigenvalue weighted by molar-refractivity contribution is -0.144. The third kappa shape index (κ3) is 11.5. The lowest BCUT2D eigenvalue weighted by Gasteiger charge is -2.05. The summed E-state index contributed by atoms with van der Waals surface area (Å²) in [5.74, 6) is -0.464. The Kier molecular flexibility index (Phi) is 11.8. The molecule has 0 radical (unpaired) electrons. The molecule has 106 valence electrons. The molecule has 18 heavy (non-hydrogen) atoms. The fourth-order valence-electron chi connectivity index (χ4n) is 1.09. The predicted octanol–water partition coefficient (Wildman–Crippen LogP) is 0.578. The molecular formula is C12H22O6. The number of hydrogen-bond donors (Lipinski definition) is 0. The number of Topliss-reactive ketones (excluding diaryl/α,β-unsaturated/α-hetero) is 1. The molecule has 0 amide bonds. The van der Waals surface area contributed by atoms with E-state index in [9.17, 15) is 9.59 Å². The van der Waals surface area contributed by atoms with Gasteiger partial charge in [0.25, 0.3) is 0 Å². The summed E-state index contributed by atoms with van der Waals surface area (Å²) >= 11 is 0. The number of esters is 1. The standard InChI is InChI=1S/C12H22O6/c1-3-18-12(14)5-4-11(13)10-17-9-8-16-7-6-15-2/h3-10H2,1-2H3. The minimum absolute atomic E-state index is 0.00699. The first-order chi connectivity index (χ1) is 8.70. The van der Waals surface area contributed by atoms with Gasteiger partial charge in [0.15, 0.2) is 5.78 Å². The van der Waals surface area contributed by atoms with Gasteiger partial charge in [-0.3, -0.25) is 9.59 Å². The highest BCUT2D eigenvalue weighted by Crippen LogP contribution is 1.95. The largest absolute Gasteiger partial charge is 0.466 e. The maximum Gasteiger partial charge on any atom is 0.306 e. The number of hydrogen-bond acceptors (Lipinski definition) is 6. The summed E-state index contributed by atoms with van der Waals surface area (Å²) in [6.07, 6.45) is 0.268. The molecule has 0 fully saturated rings. The first-order valence-corrected chi connectivity index (χ1v) is 6.02. The summed E-state index contributed by atoms with van der Waals surface area (Å²) in [6, 6.07) is 0. The van der Waals surface area contributed by atoms with Crippen LogP contribution in [0.2, 0.25) is 0 Å². The molecule has 0 unspecified atom stereocenters. The smallest absolute Gasteiger partial charge is 0.306 e. The molecule has 0 N–H and O–H groups in total. The van der Waals surface area contributed by atoms with Crippen LogP contribution in [0.4, 0.5) is 0 Å². The molecule has 0 heterocycles. The average molecular weight is 262 g/mol. The van der Waals surface area contributed by atoms with Crippen molar-refractivity contribution in [3.05, 3.63) is 0 Å². The summed E-state index contributed by atoms with van der Waals surface area (Å²) in [5.41, 5.74) is 0. The average Bonchev–Trinajstić information content (AvgIpc) is 2.35. The highest BCUT2D eigenvalue weighted by molar-refractivity contribution is 5.83. The Morgan fingerprint density at radius 3 is 2.28 bits per heavy atom. The second kappa shape index (κ2) is 12.5. The molecule has 0 rings (SSSR count). The van der Waals surface area contributed by atoms with Crippen molar-refractivity contribution < 1.29 is 28.5 Å². The van der Waals surface area contributed by atoms with E-state index in [2.05, 4.69) is 0 Å². The summed E-state index contributed by atoms with van der Waals surface area (Å²) in [7, 11) is 1.60. The van der Waals surface area contributed by atoms with Crippen LogP contribution in [0, 0.1) is 0 Å². The van der Waals surface area contributed by atoms with E-state index < -0.39 is 0 Å². The van der Waals surface area contributed by atoms with Gasteiger partial charge in [-0.25, -0.2) is 0 Å². The third-order valence-corrected chi connectivity index (χ3v) is 1.98. The van der Waals surface area contributed by atoms with Crippen molar-refractivity contribution in [2.45, 2.75) is 19.8 Å². The van der Waals surface area contributed by atoms with Crippen molar-refractivity contribution >= 4 is 11.8 Å². The SMILES string of the molecule is CCOC(=O)CCC(=O)COCCOCCOC. The summed E-state index contributed by atoms with van der Waals surface area (Å²) in [5, 5.41) is 0. The van der Waals surface area contributed by atoms with Gasteiger partial charge >= 0.3 is 5.97 Å². The Balaban J connectivity index is 3.29. The Morgan fingerprint density at radius 1 is 0.944 bits per heavy atom. The van der Waals surface area contributed by atoms with Crippen LogP contribution < -0.4 is 0 Å². The van der Waals surface area contributed by atoms with Gasteiger partial charge < -0.3 is 18.9 Å². The van der Waals surface area contributed by atoms with Crippen molar-refractivity contribution in [2.24, 2.45) is 0 Å². The number of carbonyl (C=O) groups excluding carboxylic acids is 2. The Morgan fingerprint density at radius 2 is 1.61 bits per heavy atom. The zero-order valence-corrected chi connectivity index (χ0v) is 11.1. The maximum absolute atomic E-state index is 11.3. The molecule has 0 saturated heterocycles. The minimum Gasteiger partial charge on any atom is -0.466 e. The van der Waals surface area contributed by atoms with Gasteiger partial charge in [0.2, 0.25) is 0 Å². The highest BCUT2D eigenvalue weighted by Gasteiger charge is 2.07. The normalized spacial score (nSPS) is 10.3. The number of rotatable bonds is 12. The van der Waals surface area contributed by atoms with Gasteiger partial charge in [-0.15, -0.1) is 0 Å². The monoisotopic (exact) mass is 262 g/mol. The lowest BCUT2D eigenvalue weighted by atomic mass is 10.2. The second-order valence-corrected chi connectivity index (χ2v) is 3.50. The lowest BCUT2D eigenvalue weighted by Crippen LogP contribution is -2.15. The van der Waals surface area contributed by atoms with E-state index in [1.54, 1.807) is 14.0 Å². The number of ether oxygens (including phenoxy) is 4. The van der Waals surface area contributed by atoms with Gasteiger partial charge in [0.1, 0.15) is 6.61 Å². The van der Waals surface area contributed by atoms with E-state index >= 15 is 0 Å². The maximum atomic E-state index is 11.3. The molecule has 0 bridgehead atoms.